The maximum Gasteiger partial charge on any atom is 0.196 e. The van der Waals surface area contributed by atoms with Crippen LogP contribution in [0.3, 0.4) is 0 Å². The molecule has 2 aromatic rings. The van der Waals surface area contributed by atoms with E-state index in [0.29, 0.717) is 54.4 Å². The molecule has 2 N–H and O–H groups in total. The number of guanidine groups is 1. The highest BCUT2D eigenvalue weighted by Gasteiger charge is 2.14. The molecule has 0 amide bonds. The summed E-state index contributed by atoms with van der Waals surface area (Å²) in [6.07, 6.45) is 0. The molecule has 0 aliphatic rings. The van der Waals surface area contributed by atoms with Crippen LogP contribution in [0.2, 0.25) is 0 Å². The van der Waals surface area contributed by atoms with Gasteiger partial charge in [-0.15, -0.1) is 0 Å². The number of hydrogen-bond acceptors (Lipinski definition) is 6. The summed E-state index contributed by atoms with van der Waals surface area (Å²) in [5.41, 5.74) is 1.65. The van der Waals surface area contributed by atoms with E-state index in [2.05, 4.69) is 10.6 Å². The summed E-state index contributed by atoms with van der Waals surface area (Å²) in [5.74, 6) is 3.91. The first-order valence-corrected chi connectivity index (χ1v) is 9.75. The van der Waals surface area contributed by atoms with E-state index in [1.165, 1.54) is 0 Å². The van der Waals surface area contributed by atoms with Crippen molar-refractivity contribution in [1.29, 1.82) is 0 Å². The zero-order chi connectivity index (χ0) is 21.9. The minimum absolute atomic E-state index is 0.347. The van der Waals surface area contributed by atoms with Gasteiger partial charge in [0.25, 0.3) is 0 Å². The molecule has 0 aliphatic carbocycles. The molecule has 0 aliphatic heterocycles. The molecule has 0 heterocycles. The Kier molecular flexibility index (Phi) is 8.93. The lowest BCUT2D eigenvalue weighted by Gasteiger charge is -2.16. The molecule has 164 valence electrons. The maximum absolute atomic E-state index is 5.65. The van der Waals surface area contributed by atoms with Gasteiger partial charge in [-0.3, -0.25) is 0 Å². The third kappa shape index (κ3) is 5.85. The molecule has 0 saturated heterocycles. The lowest BCUT2D eigenvalue weighted by atomic mass is 10.1. The molecule has 0 aromatic heterocycles. The Morgan fingerprint density at radius 1 is 0.833 bits per heavy atom. The number of hydrogen-bond donors (Lipinski definition) is 2. The van der Waals surface area contributed by atoms with Gasteiger partial charge >= 0.3 is 0 Å². The van der Waals surface area contributed by atoms with Crippen molar-refractivity contribution in [2.75, 3.05) is 46.9 Å². The quantitative estimate of drug-likeness (QED) is 0.451. The fraction of sp³-hybridized carbons (Fsp3) is 0.409. The molecule has 0 fully saturated rings. The van der Waals surface area contributed by atoms with E-state index in [-0.39, 0.29) is 0 Å². The third-order valence-electron chi connectivity index (χ3n) is 4.28. The van der Waals surface area contributed by atoms with Crippen molar-refractivity contribution in [2.45, 2.75) is 20.4 Å². The van der Waals surface area contributed by atoms with Crippen LogP contribution >= 0.6 is 0 Å². The lowest BCUT2D eigenvalue weighted by molar-refractivity contribution is 0.311. The summed E-state index contributed by atoms with van der Waals surface area (Å²) in [6.45, 7) is 5.54. The molecule has 0 atom stereocenters. The van der Waals surface area contributed by atoms with E-state index in [0.717, 1.165) is 11.3 Å². The van der Waals surface area contributed by atoms with Crippen molar-refractivity contribution < 1.29 is 23.7 Å². The molecule has 2 aromatic carbocycles. The highest BCUT2D eigenvalue weighted by molar-refractivity contribution is 5.94. The average molecular weight is 418 g/mol. The van der Waals surface area contributed by atoms with E-state index in [9.17, 15) is 0 Å². The Hall–Kier alpha value is -3.29. The molecule has 0 bridgehead atoms. The molecular weight excluding hydrogens is 386 g/mol. The van der Waals surface area contributed by atoms with Crippen molar-refractivity contribution in [3.8, 4) is 28.7 Å². The van der Waals surface area contributed by atoms with E-state index >= 15 is 0 Å². The van der Waals surface area contributed by atoms with E-state index in [4.69, 9.17) is 28.7 Å². The van der Waals surface area contributed by atoms with Crippen LogP contribution in [-0.4, -0.2) is 47.6 Å². The Balaban J connectivity index is 2.30. The Labute approximate surface area is 178 Å². The van der Waals surface area contributed by atoms with E-state index in [1.54, 1.807) is 28.4 Å². The standard InChI is InChI=1S/C22H31N3O5/c1-7-23-22(25-15-9-10-18(27-4)21(11-15)30-8-2)24-14-17-19(28-5)12-16(26-3)13-20(17)29-6/h9-13H,7-8,14H2,1-6H3,(H2,23,24,25). The summed E-state index contributed by atoms with van der Waals surface area (Å²) in [4.78, 5) is 4.69. The topological polar surface area (TPSA) is 82.6 Å². The Morgan fingerprint density at radius 2 is 1.50 bits per heavy atom. The summed E-state index contributed by atoms with van der Waals surface area (Å²) in [5, 5.41) is 6.53. The average Bonchev–Trinajstić information content (AvgIpc) is 2.77. The number of anilines is 1. The number of ether oxygens (including phenoxy) is 5. The first kappa shape index (κ1) is 23.0. The van der Waals surface area contributed by atoms with E-state index < -0.39 is 0 Å². The fourth-order valence-electron chi connectivity index (χ4n) is 2.86. The summed E-state index contributed by atoms with van der Waals surface area (Å²) in [7, 11) is 6.44. The zero-order valence-electron chi connectivity index (χ0n) is 18.5. The molecule has 8 heteroatoms. The number of nitrogens with zero attached hydrogens (tertiary/aromatic N) is 1. The van der Waals surface area contributed by atoms with Gasteiger partial charge in [0, 0.05) is 30.4 Å². The molecule has 0 unspecified atom stereocenters. The molecule has 0 radical (unpaired) electrons. The Morgan fingerprint density at radius 3 is 2.03 bits per heavy atom. The molecule has 2 rings (SSSR count). The van der Waals surface area contributed by atoms with Crippen LogP contribution in [0.1, 0.15) is 19.4 Å². The van der Waals surface area contributed by atoms with Crippen molar-refractivity contribution >= 4 is 11.6 Å². The van der Waals surface area contributed by atoms with Crippen molar-refractivity contribution in [2.24, 2.45) is 4.99 Å². The molecule has 8 nitrogen and oxygen atoms in total. The first-order valence-electron chi connectivity index (χ1n) is 9.75. The minimum atomic E-state index is 0.347. The van der Waals surface area contributed by atoms with Gasteiger partial charge in [-0.1, -0.05) is 0 Å². The molecule has 30 heavy (non-hydrogen) atoms. The van der Waals surface area contributed by atoms with E-state index in [1.807, 2.05) is 44.2 Å². The second-order valence-electron chi connectivity index (χ2n) is 6.13. The normalized spacial score (nSPS) is 10.9. The predicted molar refractivity (Wildman–Crippen MR) is 119 cm³/mol. The minimum Gasteiger partial charge on any atom is -0.496 e. The van der Waals surface area contributed by atoms with Gasteiger partial charge in [0.15, 0.2) is 17.5 Å². The highest BCUT2D eigenvalue weighted by atomic mass is 16.5. The van der Waals surface area contributed by atoms with Crippen LogP contribution in [0.5, 0.6) is 28.7 Å². The summed E-state index contributed by atoms with van der Waals surface area (Å²) in [6, 6.07) is 9.26. The largest absolute Gasteiger partial charge is 0.496 e. The van der Waals surface area contributed by atoms with Crippen molar-refractivity contribution in [3.63, 3.8) is 0 Å². The van der Waals surface area contributed by atoms with Gasteiger partial charge < -0.3 is 34.3 Å². The predicted octanol–water partition coefficient (Wildman–Crippen LogP) is 3.70. The SMILES string of the molecule is CCNC(=NCc1c(OC)cc(OC)cc1OC)Nc1ccc(OC)c(OCC)c1. The van der Waals surface area contributed by atoms with Crippen molar-refractivity contribution in [1.82, 2.24) is 5.32 Å². The number of aliphatic imine (C=N–C) groups is 1. The Bertz CT molecular complexity index is 830. The van der Waals surface area contributed by atoms with Gasteiger partial charge in [-0.05, 0) is 26.0 Å². The maximum atomic E-state index is 5.65. The van der Waals surface area contributed by atoms with Gasteiger partial charge in [0.2, 0.25) is 0 Å². The third-order valence-corrected chi connectivity index (χ3v) is 4.28. The number of rotatable bonds is 10. The summed E-state index contributed by atoms with van der Waals surface area (Å²) < 4.78 is 27.3. The van der Waals surface area contributed by atoms with Crippen LogP contribution in [0.4, 0.5) is 5.69 Å². The van der Waals surface area contributed by atoms with Crippen LogP contribution in [0, 0.1) is 0 Å². The molecule has 0 spiro atoms. The van der Waals surface area contributed by atoms with Gasteiger partial charge in [-0.2, -0.15) is 0 Å². The van der Waals surface area contributed by atoms with Crippen LogP contribution < -0.4 is 34.3 Å². The highest BCUT2D eigenvalue weighted by Crippen LogP contribution is 2.34. The monoisotopic (exact) mass is 417 g/mol. The van der Waals surface area contributed by atoms with Crippen LogP contribution in [0.25, 0.3) is 0 Å². The zero-order valence-corrected chi connectivity index (χ0v) is 18.5. The van der Waals surface area contributed by atoms with Gasteiger partial charge in [0.05, 0.1) is 47.2 Å². The van der Waals surface area contributed by atoms with Gasteiger partial charge in [-0.25, -0.2) is 4.99 Å². The number of benzene rings is 2. The smallest absolute Gasteiger partial charge is 0.196 e. The second-order valence-corrected chi connectivity index (χ2v) is 6.13. The summed E-state index contributed by atoms with van der Waals surface area (Å²) >= 11 is 0. The molecule has 0 saturated carbocycles. The lowest BCUT2D eigenvalue weighted by Crippen LogP contribution is -2.30. The van der Waals surface area contributed by atoms with Crippen molar-refractivity contribution in [3.05, 3.63) is 35.9 Å². The fourth-order valence-corrected chi connectivity index (χ4v) is 2.86. The first-order chi connectivity index (χ1) is 14.6. The second kappa shape index (κ2) is 11.6. The van der Waals surface area contributed by atoms with Crippen LogP contribution in [0.15, 0.2) is 35.3 Å². The number of nitrogens with one attached hydrogen (secondary N) is 2. The molecular formula is C22H31N3O5. The van der Waals surface area contributed by atoms with Crippen LogP contribution in [-0.2, 0) is 6.54 Å². The number of methoxy groups -OCH3 is 4. The van der Waals surface area contributed by atoms with Gasteiger partial charge in [0.1, 0.15) is 17.2 Å².